The van der Waals surface area contributed by atoms with Crippen LogP contribution in [-0.4, -0.2) is 47.4 Å². The minimum absolute atomic E-state index is 0.0888. The van der Waals surface area contributed by atoms with Crippen LogP contribution in [0.2, 0.25) is 0 Å². The zero-order valence-electron chi connectivity index (χ0n) is 12.9. The van der Waals surface area contributed by atoms with Gasteiger partial charge in [0.05, 0.1) is 18.6 Å². The predicted octanol–water partition coefficient (Wildman–Crippen LogP) is 2.59. The molecule has 0 radical (unpaired) electrons. The van der Waals surface area contributed by atoms with Crippen molar-refractivity contribution in [2.24, 2.45) is 0 Å². The molecule has 1 aromatic rings. The number of terminal acetylenes is 1. The molecule has 9 heteroatoms. The van der Waals surface area contributed by atoms with Gasteiger partial charge in [-0.15, -0.1) is 6.42 Å². The van der Waals surface area contributed by atoms with Gasteiger partial charge in [-0.2, -0.15) is 0 Å². The second kappa shape index (κ2) is 8.09. The maximum atomic E-state index is 12.2. The Bertz CT molecular complexity index is 814. The number of amides is 2. The van der Waals surface area contributed by atoms with Crippen LogP contribution in [0.4, 0.5) is 4.79 Å². The molecule has 0 saturated carbocycles. The number of carbonyl (C=O) groups is 3. The number of rotatable bonds is 6. The molecule has 0 spiro atoms. The fraction of sp³-hybridized carbons (Fsp3) is 0.188. The Morgan fingerprint density at radius 3 is 2.76 bits per heavy atom. The van der Waals surface area contributed by atoms with Crippen LogP contribution in [-0.2, 0) is 9.59 Å². The van der Waals surface area contributed by atoms with Gasteiger partial charge in [0.25, 0.3) is 11.1 Å². The summed E-state index contributed by atoms with van der Waals surface area (Å²) in [5, 5.41) is 8.26. The van der Waals surface area contributed by atoms with E-state index in [0.29, 0.717) is 15.8 Å². The van der Waals surface area contributed by atoms with Crippen molar-refractivity contribution in [2.45, 2.75) is 0 Å². The molecule has 0 aromatic heterocycles. The summed E-state index contributed by atoms with van der Waals surface area (Å²) in [6.07, 6.45) is 6.68. The molecule has 2 rings (SSSR count). The number of imide groups is 1. The van der Waals surface area contributed by atoms with E-state index in [1.54, 1.807) is 6.07 Å². The zero-order valence-corrected chi connectivity index (χ0v) is 15.3. The van der Waals surface area contributed by atoms with Crippen LogP contribution >= 0.6 is 27.7 Å². The summed E-state index contributed by atoms with van der Waals surface area (Å²) >= 11 is 4.12. The molecule has 1 fully saturated rings. The number of methoxy groups -OCH3 is 1. The molecule has 25 heavy (non-hydrogen) atoms. The number of halogens is 1. The number of ether oxygens (including phenoxy) is 2. The van der Waals surface area contributed by atoms with Crippen LogP contribution in [0, 0.1) is 12.3 Å². The molecule has 1 aliphatic rings. The van der Waals surface area contributed by atoms with Crippen molar-refractivity contribution < 1.29 is 29.0 Å². The average molecular weight is 426 g/mol. The number of thioether (sulfide) groups is 1. The maximum Gasteiger partial charge on any atom is 0.341 e. The van der Waals surface area contributed by atoms with Crippen molar-refractivity contribution in [3.63, 3.8) is 0 Å². The van der Waals surface area contributed by atoms with Gasteiger partial charge in [-0.3, -0.25) is 14.5 Å². The maximum absolute atomic E-state index is 12.2. The van der Waals surface area contributed by atoms with E-state index in [2.05, 4.69) is 21.9 Å². The predicted molar refractivity (Wildman–Crippen MR) is 95.3 cm³/mol. The number of hydrogen-bond acceptors (Lipinski definition) is 6. The second-order valence-electron chi connectivity index (χ2n) is 4.68. The molecule has 0 aliphatic carbocycles. The quantitative estimate of drug-likeness (QED) is 0.552. The molecule has 1 N–H and O–H groups in total. The van der Waals surface area contributed by atoms with Gasteiger partial charge in [0, 0.05) is 4.47 Å². The third kappa shape index (κ3) is 4.35. The van der Waals surface area contributed by atoms with Crippen LogP contribution in [0.1, 0.15) is 5.56 Å². The molecule has 1 aromatic carbocycles. The Labute approximate surface area is 156 Å². The molecule has 0 unspecified atom stereocenters. The van der Waals surface area contributed by atoms with Crippen molar-refractivity contribution >= 4 is 50.9 Å². The third-order valence-electron chi connectivity index (χ3n) is 3.04. The smallest absolute Gasteiger partial charge is 0.341 e. The number of benzene rings is 1. The summed E-state index contributed by atoms with van der Waals surface area (Å²) in [4.78, 5) is 35.8. The highest BCUT2D eigenvalue weighted by atomic mass is 79.9. The molecule has 130 valence electrons. The first-order chi connectivity index (χ1) is 11.9. The van der Waals surface area contributed by atoms with Gasteiger partial charge in [0.2, 0.25) is 0 Å². The highest BCUT2D eigenvalue weighted by molar-refractivity contribution is 9.10. The van der Waals surface area contributed by atoms with Crippen molar-refractivity contribution in [3.8, 4) is 23.8 Å². The highest BCUT2D eigenvalue weighted by Crippen LogP contribution is 2.37. The molecule has 1 heterocycles. The molecule has 0 atom stereocenters. The lowest BCUT2D eigenvalue weighted by molar-refractivity contribution is -0.139. The van der Waals surface area contributed by atoms with Gasteiger partial charge in [-0.1, -0.05) is 21.9 Å². The molecule has 7 nitrogen and oxygen atoms in total. The normalized spacial score (nSPS) is 15.4. The van der Waals surface area contributed by atoms with Gasteiger partial charge >= 0.3 is 5.97 Å². The van der Waals surface area contributed by atoms with E-state index in [9.17, 15) is 14.4 Å². The lowest BCUT2D eigenvalue weighted by atomic mass is 10.2. The Kier molecular flexibility index (Phi) is 6.12. The Morgan fingerprint density at radius 1 is 1.44 bits per heavy atom. The molecule has 1 saturated heterocycles. The van der Waals surface area contributed by atoms with Crippen molar-refractivity contribution in [1.29, 1.82) is 0 Å². The number of nitrogens with zero attached hydrogens (tertiary/aromatic N) is 1. The van der Waals surface area contributed by atoms with Gasteiger partial charge in [-0.05, 0) is 35.5 Å². The van der Waals surface area contributed by atoms with E-state index in [1.165, 1.54) is 19.3 Å². The monoisotopic (exact) mass is 425 g/mol. The second-order valence-corrected chi connectivity index (χ2v) is 6.53. The van der Waals surface area contributed by atoms with Crippen LogP contribution in [0.15, 0.2) is 21.5 Å². The van der Waals surface area contributed by atoms with Gasteiger partial charge in [0.1, 0.15) is 0 Å². The number of aliphatic carboxylic acids is 1. The summed E-state index contributed by atoms with van der Waals surface area (Å²) in [5.41, 5.74) is 0.561. The minimum Gasteiger partial charge on any atom is -0.493 e. The van der Waals surface area contributed by atoms with Gasteiger partial charge < -0.3 is 14.6 Å². The van der Waals surface area contributed by atoms with E-state index < -0.39 is 23.7 Å². The summed E-state index contributed by atoms with van der Waals surface area (Å²) in [6.45, 7) is -0.610. The fourth-order valence-electron chi connectivity index (χ4n) is 1.94. The van der Waals surface area contributed by atoms with Crippen molar-refractivity contribution in [3.05, 3.63) is 27.1 Å². The molecular formula is C16H12BrNO6S. The Balaban J connectivity index is 2.34. The van der Waals surface area contributed by atoms with Crippen molar-refractivity contribution in [2.75, 3.05) is 20.3 Å². The molecule has 1 aliphatic heterocycles. The van der Waals surface area contributed by atoms with E-state index in [4.69, 9.17) is 21.0 Å². The topological polar surface area (TPSA) is 93.1 Å². The first kappa shape index (κ1) is 18.9. The number of carboxylic acid groups (broad SMARTS) is 1. The molecular weight excluding hydrogens is 414 g/mol. The molecule has 0 bridgehead atoms. The van der Waals surface area contributed by atoms with Crippen LogP contribution in [0.3, 0.4) is 0 Å². The van der Waals surface area contributed by atoms with E-state index in [0.717, 1.165) is 16.7 Å². The summed E-state index contributed by atoms with van der Waals surface area (Å²) in [5.74, 6) is 1.20. The fourth-order valence-corrected chi connectivity index (χ4v) is 3.21. The van der Waals surface area contributed by atoms with Crippen LogP contribution < -0.4 is 9.47 Å². The average Bonchev–Trinajstić information content (AvgIpc) is 2.82. The molecule has 2 amide bonds. The van der Waals surface area contributed by atoms with Crippen molar-refractivity contribution in [1.82, 2.24) is 4.90 Å². The first-order valence-corrected chi connectivity index (χ1v) is 8.39. The van der Waals surface area contributed by atoms with Gasteiger partial charge in [-0.25, -0.2) is 4.79 Å². The summed E-state index contributed by atoms with van der Waals surface area (Å²) in [7, 11) is 1.40. The largest absolute Gasteiger partial charge is 0.493 e. The highest BCUT2D eigenvalue weighted by Gasteiger charge is 2.34. The lowest BCUT2D eigenvalue weighted by Gasteiger charge is -2.11. The van der Waals surface area contributed by atoms with Crippen LogP contribution in [0.25, 0.3) is 6.08 Å². The lowest BCUT2D eigenvalue weighted by Crippen LogP contribution is -2.28. The van der Waals surface area contributed by atoms with E-state index >= 15 is 0 Å². The first-order valence-electron chi connectivity index (χ1n) is 6.78. The van der Waals surface area contributed by atoms with E-state index in [1.807, 2.05) is 0 Å². The van der Waals surface area contributed by atoms with Gasteiger partial charge in [0.15, 0.2) is 18.1 Å². The Hall–Kier alpha value is -2.44. The zero-order chi connectivity index (χ0) is 18.6. The number of carboxylic acids is 1. The van der Waals surface area contributed by atoms with Crippen LogP contribution in [0.5, 0.6) is 11.5 Å². The van der Waals surface area contributed by atoms with E-state index in [-0.39, 0.29) is 17.2 Å². The SMILES string of the molecule is C#CCN1C(=O)S/C(=C\c2cc(OC)c(OCC(=O)O)cc2Br)C1=O. The summed E-state index contributed by atoms with van der Waals surface area (Å²) in [6, 6.07) is 3.09. The number of hydrogen-bond donors (Lipinski definition) is 1. The Morgan fingerprint density at radius 2 is 2.16 bits per heavy atom. The summed E-state index contributed by atoms with van der Waals surface area (Å²) < 4.78 is 10.9. The standard InChI is InChI=1S/C16H12BrNO6S/c1-3-4-18-15(21)13(25-16(18)22)6-9-5-11(23-2)12(7-10(9)17)24-8-14(19)20/h1,5-7H,4,8H2,2H3,(H,19,20)/b13-6-. The minimum atomic E-state index is -1.12. The third-order valence-corrected chi connectivity index (χ3v) is 4.64. The number of carbonyl (C=O) groups excluding carboxylic acids is 2.